The monoisotopic (exact) mass is 367 g/mol. The van der Waals surface area contributed by atoms with Gasteiger partial charge in [0.05, 0.1) is 13.0 Å². The minimum atomic E-state index is -0.532. The van der Waals surface area contributed by atoms with Crippen molar-refractivity contribution in [2.75, 3.05) is 37.4 Å². The lowest BCUT2D eigenvalue weighted by molar-refractivity contribution is -0.127. The second kappa shape index (κ2) is 8.58. The van der Waals surface area contributed by atoms with Gasteiger partial charge in [-0.2, -0.15) is 0 Å². The predicted octanol–water partition coefficient (Wildman–Crippen LogP) is 3.14. The third-order valence-electron chi connectivity index (χ3n) is 4.60. The number of anilines is 2. The van der Waals surface area contributed by atoms with Crippen LogP contribution in [0.4, 0.5) is 16.2 Å². The van der Waals surface area contributed by atoms with Crippen LogP contribution in [-0.4, -0.2) is 50.2 Å². The third-order valence-corrected chi connectivity index (χ3v) is 4.60. The average Bonchev–Trinajstić information content (AvgIpc) is 3.00. The lowest BCUT2D eigenvalue weighted by Gasteiger charge is -2.17. The van der Waals surface area contributed by atoms with Gasteiger partial charge in [-0.3, -0.25) is 10.1 Å². The SMILES string of the molecule is CN(C)c1ccc(NC(=O)OC2CC(=O)N(CCc3ccccc3)C2)cc1. The van der Waals surface area contributed by atoms with E-state index in [-0.39, 0.29) is 12.3 Å². The molecule has 1 fully saturated rings. The first kappa shape index (κ1) is 18.8. The number of amides is 2. The maximum atomic E-state index is 12.2. The number of benzene rings is 2. The highest BCUT2D eigenvalue weighted by Gasteiger charge is 2.31. The van der Waals surface area contributed by atoms with Crippen LogP contribution in [0.25, 0.3) is 0 Å². The van der Waals surface area contributed by atoms with Crippen molar-refractivity contribution in [1.82, 2.24) is 4.90 Å². The zero-order chi connectivity index (χ0) is 19.2. The molecule has 1 unspecified atom stereocenters. The van der Waals surface area contributed by atoms with E-state index in [1.165, 1.54) is 5.56 Å². The molecule has 0 bridgehead atoms. The van der Waals surface area contributed by atoms with Gasteiger partial charge in [0.25, 0.3) is 0 Å². The molecule has 142 valence electrons. The topological polar surface area (TPSA) is 61.9 Å². The fourth-order valence-corrected chi connectivity index (χ4v) is 3.08. The summed E-state index contributed by atoms with van der Waals surface area (Å²) in [5, 5.41) is 2.71. The van der Waals surface area contributed by atoms with Crippen molar-refractivity contribution in [3.05, 3.63) is 60.2 Å². The van der Waals surface area contributed by atoms with Crippen molar-refractivity contribution in [2.24, 2.45) is 0 Å². The Morgan fingerprint density at radius 1 is 1.15 bits per heavy atom. The first-order valence-corrected chi connectivity index (χ1v) is 9.08. The molecule has 1 atom stereocenters. The summed E-state index contributed by atoms with van der Waals surface area (Å²) in [5.41, 5.74) is 2.90. The van der Waals surface area contributed by atoms with Crippen molar-refractivity contribution >= 4 is 23.4 Å². The summed E-state index contributed by atoms with van der Waals surface area (Å²) < 4.78 is 5.42. The molecule has 2 aromatic carbocycles. The highest BCUT2D eigenvalue weighted by atomic mass is 16.6. The van der Waals surface area contributed by atoms with E-state index in [0.29, 0.717) is 18.8 Å². The largest absolute Gasteiger partial charge is 0.444 e. The van der Waals surface area contributed by atoms with Gasteiger partial charge in [0.15, 0.2) is 0 Å². The minimum Gasteiger partial charge on any atom is -0.444 e. The van der Waals surface area contributed by atoms with E-state index in [0.717, 1.165) is 12.1 Å². The van der Waals surface area contributed by atoms with E-state index < -0.39 is 12.2 Å². The van der Waals surface area contributed by atoms with E-state index in [9.17, 15) is 9.59 Å². The fraction of sp³-hybridized carbons (Fsp3) is 0.333. The number of rotatable bonds is 6. The lowest BCUT2D eigenvalue weighted by Crippen LogP contribution is -2.29. The molecule has 2 amide bonds. The van der Waals surface area contributed by atoms with E-state index >= 15 is 0 Å². The number of nitrogens with zero attached hydrogens (tertiary/aromatic N) is 2. The smallest absolute Gasteiger partial charge is 0.411 e. The average molecular weight is 367 g/mol. The van der Waals surface area contributed by atoms with Crippen molar-refractivity contribution in [3.8, 4) is 0 Å². The highest BCUT2D eigenvalue weighted by Crippen LogP contribution is 2.18. The summed E-state index contributed by atoms with van der Waals surface area (Å²) in [7, 11) is 3.91. The molecule has 1 N–H and O–H groups in total. The van der Waals surface area contributed by atoms with Crippen LogP contribution in [-0.2, 0) is 16.0 Å². The molecule has 3 rings (SSSR count). The number of hydrogen-bond donors (Lipinski definition) is 1. The molecule has 6 nitrogen and oxygen atoms in total. The number of carbonyl (C=O) groups excluding carboxylic acids is 2. The van der Waals surface area contributed by atoms with Crippen molar-refractivity contribution in [1.29, 1.82) is 0 Å². The molecule has 1 aliphatic rings. The number of nitrogens with one attached hydrogen (secondary N) is 1. The fourth-order valence-electron chi connectivity index (χ4n) is 3.08. The molecule has 0 saturated carbocycles. The number of carbonyl (C=O) groups is 2. The Morgan fingerprint density at radius 3 is 2.52 bits per heavy atom. The van der Waals surface area contributed by atoms with Crippen molar-refractivity contribution in [3.63, 3.8) is 0 Å². The molecule has 0 aromatic heterocycles. The van der Waals surface area contributed by atoms with Gasteiger partial charge in [-0.15, -0.1) is 0 Å². The molecular weight excluding hydrogens is 342 g/mol. The Balaban J connectivity index is 1.46. The van der Waals surface area contributed by atoms with E-state index in [4.69, 9.17) is 4.74 Å². The molecule has 0 spiro atoms. The maximum Gasteiger partial charge on any atom is 0.411 e. The van der Waals surface area contributed by atoms with Crippen molar-refractivity contribution < 1.29 is 14.3 Å². The van der Waals surface area contributed by atoms with Crippen LogP contribution in [0.15, 0.2) is 54.6 Å². The van der Waals surface area contributed by atoms with Gasteiger partial charge in [0, 0.05) is 32.0 Å². The Kier molecular flexibility index (Phi) is 5.96. The van der Waals surface area contributed by atoms with Gasteiger partial charge < -0.3 is 14.5 Å². The molecule has 2 aromatic rings. The predicted molar refractivity (Wildman–Crippen MR) is 106 cm³/mol. The first-order valence-electron chi connectivity index (χ1n) is 9.08. The Bertz CT molecular complexity index is 775. The summed E-state index contributed by atoms with van der Waals surface area (Å²) in [6.07, 6.45) is 0.0931. The van der Waals surface area contributed by atoms with E-state index in [1.807, 2.05) is 73.6 Å². The van der Waals surface area contributed by atoms with Crippen LogP contribution in [0.1, 0.15) is 12.0 Å². The zero-order valence-corrected chi connectivity index (χ0v) is 15.7. The summed E-state index contributed by atoms with van der Waals surface area (Å²) in [6, 6.07) is 17.5. The third kappa shape index (κ3) is 5.23. The first-order chi connectivity index (χ1) is 13.0. The summed E-state index contributed by atoms with van der Waals surface area (Å²) in [6.45, 7) is 1.08. The summed E-state index contributed by atoms with van der Waals surface area (Å²) in [4.78, 5) is 28.0. The minimum absolute atomic E-state index is 0.0269. The molecule has 1 aliphatic heterocycles. The molecule has 0 aliphatic carbocycles. The Morgan fingerprint density at radius 2 is 1.85 bits per heavy atom. The van der Waals surface area contributed by atoms with Crippen LogP contribution in [0.2, 0.25) is 0 Å². The van der Waals surface area contributed by atoms with Crippen molar-refractivity contribution in [2.45, 2.75) is 18.9 Å². The molecular formula is C21H25N3O3. The van der Waals surface area contributed by atoms with Gasteiger partial charge in [-0.25, -0.2) is 4.79 Å². The quantitative estimate of drug-likeness (QED) is 0.852. The molecule has 1 heterocycles. The summed E-state index contributed by atoms with van der Waals surface area (Å²) in [5.74, 6) is 0.0269. The van der Waals surface area contributed by atoms with Gasteiger partial charge in [-0.05, 0) is 36.2 Å². The van der Waals surface area contributed by atoms with Crippen LogP contribution < -0.4 is 10.2 Å². The van der Waals surface area contributed by atoms with E-state index in [1.54, 1.807) is 4.90 Å². The highest BCUT2D eigenvalue weighted by molar-refractivity contribution is 5.86. The Labute approximate surface area is 159 Å². The van der Waals surface area contributed by atoms with E-state index in [2.05, 4.69) is 5.32 Å². The molecule has 0 radical (unpaired) electrons. The van der Waals surface area contributed by atoms with Crippen LogP contribution in [0.5, 0.6) is 0 Å². The Hall–Kier alpha value is -3.02. The zero-order valence-electron chi connectivity index (χ0n) is 15.7. The van der Waals surface area contributed by atoms with Crippen LogP contribution in [0.3, 0.4) is 0 Å². The summed E-state index contributed by atoms with van der Waals surface area (Å²) >= 11 is 0. The van der Waals surface area contributed by atoms with Gasteiger partial charge in [0.1, 0.15) is 6.10 Å². The molecule has 6 heteroatoms. The van der Waals surface area contributed by atoms with Crippen LogP contribution in [0, 0.1) is 0 Å². The van der Waals surface area contributed by atoms with Gasteiger partial charge in [0.2, 0.25) is 5.91 Å². The van der Waals surface area contributed by atoms with Crippen LogP contribution >= 0.6 is 0 Å². The van der Waals surface area contributed by atoms with Gasteiger partial charge >= 0.3 is 6.09 Å². The molecule has 27 heavy (non-hydrogen) atoms. The number of likely N-dealkylation sites (tertiary alicyclic amines) is 1. The second-order valence-electron chi connectivity index (χ2n) is 6.87. The normalized spacial score (nSPS) is 16.3. The standard InChI is InChI=1S/C21H25N3O3/c1-23(2)18-10-8-17(9-11-18)22-21(26)27-19-14-20(25)24(15-19)13-12-16-6-4-3-5-7-16/h3-11,19H,12-15H2,1-2H3,(H,22,26). The second-order valence-corrected chi connectivity index (χ2v) is 6.87. The van der Waals surface area contributed by atoms with Gasteiger partial charge in [-0.1, -0.05) is 30.3 Å². The molecule has 1 saturated heterocycles. The lowest BCUT2D eigenvalue weighted by atomic mass is 10.1. The number of hydrogen-bond acceptors (Lipinski definition) is 4. The maximum absolute atomic E-state index is 12.2. The number of ether oxygens (including phenoxy) is 1.